The first-order chi connectivity index (χ1) is 9.53. The molecule has 0 saturated carbocycles. The van der Waals surface area contributed by atoms with E-state index in [0.29, 0.717) is 12.1 Å². The number of rotatable bonds is 2. The van der Waals surface area contributed by atoms with Gasteiger partial charge in [-0.2, -0.15) is 0 Å². The molecule has 2 atom stereocenters. The third-order valence-electron chi connectivity index (χ3n) is 5.33. The molecule has 0 amide bonds. The molecule has 0 bridgehead atoms. The lowest BCUT2D eigenvalue weighted by atomic mass is 9.96. The normalized spacial score (nSPS) is 30.4. The van der Waals surface area contributed by atoms with Crippen LogP contribution in [0.3, 0.4) is 0 Å². The van der Waals surface area contributed by atoms with E-state index in [0.717, 1.165) is 13.1 Å². The Bertz CT molecular complexity index is 483. The molecule has 1 aromatic rings. The average molecular weight is 273 g/mol. The van der Waals surface area contributed by atoms with Gasteiger partial charge in [0.05, 0.1) is 0 Å². The zero-order chi connectivity index (χ0) is 14.3. The molecule has 3 heteroatoms. The topological polar surface area (TPSA) is 18.5 Å². The Labute approximate surface area is 123 Å². The second-order valence-corrected chi connectivity index (χ2v) is 6.94. The summed E-state index contributed by atoms with van der Waals surface area (Å²) in [5.41, 5.74) is 3.29. The average Bonchev–Trinajstić information content (AvgIpc) is 2.80. The molecular formula is C17H27N3. The third-order valence-corrected chi connectivity index (χ3v) is 5.33. The molecule has 1 fully saturated rings. The van der Waals surface area contributed by atoms with Gasteiger partial charge >= 0.3 is 0 Å². The van der Waals surface area contributed by atoms with Crippen LogP contribution in [0.25, 0.3) is 0 Å². The van der Waals surface area contributed by atoms with Crippen LogP contribution in [0.5, 0.6) is 0 Å². The molecule has 1 heterocycles. The number of likely N-dealkylation sites (N-methyl/N-ethyl adjacent to an activating group) is 2. The zero-order valence-electron chi connectivity index (χ0n) is 13.2. The first-order valence-electron chi connectivity index (χ1n) is 7.73. The van der Waals surface area contributed by atoms with Crippen LogP contribution in [0.1, 0.15) is 31.0 Å². The van der Waals surface area contributed by atoms with Gasteiger partial charge in [-0.15, -0.1) is 0 Å². The SMILES string of the molecule is CNC1c2ccccc2CC1N1CCN(C)C(C)(C)C1. The summed E-state index contributed by atoms with van der Waals surface area (Å²) in [6.45, 7) is 8.21. The number of benzene rings is 1. The van der Waals surface area contributed by atoms with Crippen molar-refractivity contribution < 1.29 is 0 Å². The summed E-state index contributed by atoms with van der Waals surface area (Å²) in [6, 6.07) is 10.00. The van der Waals surface area contributed by atoms with Crippen LogP contribution in [0.2, 0.25) is 0 Å². The summed E-state index contributed by atoms with van der Waals surface area (Å²) in [5, 5.41) is 3.55. The highest BCUT2D eigenvalue weighted by atomic mass is 15.3. The minimum absolute atomic E-state index is 0.269. The Morgan fingerprint density at radius 1 is 1.20 bits per heavy atom. The van der Waals surface area contributed by atoms with Gasteiger partial charge in [-0.1, -0.05) is 24.3 Å². The number of hydrogen-bond donors (Lipinski definition) is 1. The molecule has 1 N–H and O–H groups in total. The van der Waals surface area contributed by atoms with Crippen LogP contribution in [-0.4, -0.2) is 55.1 Å². The predicted octanol–water partition coefficient (Wildman–Crippen LogP) is 1.90. The predicted molar refractivity (Wildman–Crippen MR) is 84.0 cm³/mol. The van der Waals surface area contributed by atoms with E-state index >= 15 is 0 Å². The maximum Gasteiger partial charge on any atom is 0.0481 e. The molecule has 3 nitrogen and oxygen atoms in total. The van der Waals surface area contributed by atoms with Gasteiger partial charge in [-0.05, 0) is 45.5 Å². The summed E-state index contributed by atoms with van der Waals surface area (Å²) < 4.78 is 0. The number of fused-ring (bicyclic) bond motifs is 1. The Hall–Kier alpha value is -0.900. The van der Waals surface area contributed by atoms with Crippen LogP contribution in [-0.2, 0) is 6.42 Å². The Morgan fingerprint density at radius 3 is 2.65 bits per heavy atom. The number of hydrogen-bond acceptors (Lipinski definition) is 3. The Morgan fingerprint density at radius 2 is 1.95 bits per heavy atom. The quantitative estimate of drug-likeness (QED) is 0.888. The van der Waals surface area contributed by atoms with E-state index < -0.39 is 0 Å². The molecule has 1 aromatic carbocycles. The highest BCUT2D eigenvalue weighted by molar-refractivity contribution is 5.37. The smallest absolute Gasteiger partial charge is 0.0481 e. The van der Waals surface area contributed by atoms with Gasteiger partial charge in [-0.25, -0.2) is 0 Å². The first kappa shape index (κ1) is 14.1. The minimum atomic E-state index is 0.269. The van der Waals surface area contributed by atoms with Crippen LogP contribution in [0, 0.1) is 0 Å². The van der Waals surface area contributed by atoms with Gasteiger partial charge in [0.2, 0.25) is 0 Å². The Balaban J connectivity index is 1.82. The van der Waals surface area contributed by atoms with Crippen molar-refractivity contribution in [3.8, 4) is 0 Å². The molecule has 0 radical (unpaired) electrons. The second kappa shape index (κ2) is 5.14. The van der Waals surface area contributed by atoms with E-state index in [4.69, 9.17) is 0 Å². The second-order valence-electron chi connectivity index (χ2n) is 6.94. The molecule has 0 aromatic heterocycles. The van der Waals surface area contributed by atoms with Crippen LogP contribution >= 0.6 is 0 Å². The molecule has 20 heavy (non-hydrogen) atoms. The molecule has 110 valence electrons. The standard InChI is InChI=1S/C17H27N3/c1-17(2)12-20(10-9-19(17)4)15-11-13-7-5-6-8-14(13)16(15)18-3/h5-8,15-16,18H,9-12H2,1-4H3. The summed E-state index contributed by atoms with van der Waals surface area (Å²) in [6.07, 6.45) is 1.18. The van der Waals surface area contributed by atoms with Crippen LogP contribution < -0.4 is 5.32 Å². The summed E-state index contributed by atoms with van der Waals surface area (Å²) >= 11 is 0. The van der Waals surface area contributed by atoms with E-state index in [1.54, 1.807) is 0 Å². The van der Waals surface area contributed by atoms with Crippen molar-refractivity contribution in [1.82, 2.24) is 15.1 Å². The summed E-state index contributed by atoms with van der Waals surface area (Å²) in [4.78, 5) is 5.18. The van der Waals surface area contributed by atoms with E-state index in [-0.39, 0.29) is 5.54 Å². The summed E-state index contributed by atoms with van der Waals surface area (Å²) in [5.74, 6) is 0. The maximum absolute atomic E-state index is 3.55. The van der Waals surface area contributed by atoms with Crippen molar-refractivity contribution in [3.63, 3.8) is 0 Å². The lowest BCUT2D eigenvalue weighted by molar-refractivity contribution is 0.0108. The monoisotopic (exact) mass is 273 g/mol. The highest BCUT2D eigenvalue weighted by Crippen LogP contribution is 2.36. The highest BCUT2D eigenvalue weighted by Gasteiger charge is 2.40. The molecule has 2 aliphatic rings. The summed E-state index contributed by atoms with van der Waals surface area (Å²) in [7, 11) is 4.34. The molecule has 0 spiro atoms. The maximum atomic E-state index is 3.55. The molecule has 1 saturated heterocycles. The number of piperazine rings is 1. The fraction of sp³-hybridized carbons (Fsp3) is 0.647. The minimum Gasteiger partial charge on any atom is -0.312 e. The fourth-order valence-electron chi connectivity index (χ4n) is 3.82. The lowest BCUT2D eigenvalue weighted by Crippen LogP contribution is -2.61. The van der Waals surface area contributed by atoms with E-state index in [1.807, 2.05) is 0 Å². The molecule has 3 rings (SSSR count). The Kier molecular flexibility index (Phi) is 3.61. The van der Waals surface area contributed by atoms with Crippen molar-refractivity contribution in [2.75, 3.05) is 33.7 Å². The van der Waals surface area contributed by atoms with Gasteiger partial charge in [0.1, 0.15) is 0 Å². The molecule has 2 unspecified atom stereocenters. The van der Waals surface area contributed by atoms with Gasteiger partial charge in [-0.3, -0.25) is 9.80 Å². The van der Waals surface area contributed by atoms with E-state index in [2.05, 4.69) is 67.3 Å². The molecule has 1 aliphatic carbocycles. The van der Waals surface area contributed by atoms with Gasteiger partial charge in [0.25, 0.3) is 0 Å². The van der Waals surface area contributed by atoms with Crippen molar-refractivity contribution in [2.24, 2.45) is 0 Å². The van der Waals surface area contributed by atoms with Gasteiger partial charge in [0.15, 0.2) is 0 Å². The van der Waals surface area contributed by atoms with Crippen molar-refractivity contribution in [3.05, 3.63) is 35.4 Å². The van der Waals surface area contributed by atoms with Gasteiger partial charge < -0.3 is 5.32 Å². The van der Waals surface area contributed by atoms with Crippen molar-refractivity contribution in [1.29, 1.82) is 0 Å². The van der Waals surface area contributed by atoms with Crippen LogP contribution in [0.4, 0.5) is 0 Å². The van der Waals surface area contributed by atoms with E-state index in [9.17, 15) is 0 Å². The largest absolute Gasteiger partial charge is 0.312 e. The zero-order valence-corrected chi connectivity index (χ0v) is 13.2. The molecular weight excluding hydrogens is 246 g/mol. The first-order valence-corrected chi connectivity index (χ1v) is 7.73. The lowest BCUT2D eigenvalue weighted by Gasteiger charge is -2.48. The number of nitrogens with one attached hydrogen (secondary N) is 1. The fourth-order valence-corrected chi connectivity index (χ4v) is 3.82. The van der Waals surface area contributed by atoms with Crippen molar-refractivity contribution in [2.45, 2.75) is 37.9 Å². The van der Waals surface area contributed by atoms with E-state index in [1.165, 1.54) is 24.1 Å². The van der Waals surface area contributed by atoms with Crippen molar-refractivity contribution >= 4 is 0 Å². The number of nitrogens with zero attached hydrogens (tertiary/aromatic N) is 2. The molecule has 1 aliphatic heterocycles. The third kappa shape index (κ3) is 2.28. The van der Waals surface area contributed by atoms with Crippen LogP contribution in [0.15, 0.2) is 24.3 Å². The van der Waals surface area contributed by atoms with Gasteiger partial charge in [0, 0.05) is 37.3 Å².